The van der Waals surface area contributed by atoms with Crippen LogP contribution in [0.3, 0.4) is 0 Å². The molecule has 1 amide bonds. The summed E-state index contributed by atoms with van der Waals surface area (Å²) in [7, 11) is 1.46. The number of carbonyl (C=O) groups is 2. The molecule has 2 saturated heterocycles. The summed E-state index contributed by atoms with van der Waals surface area (Å²) in [5, 5.41) is 2.86. The lowest BCUT2D eigenvalue weighted by molar-refractivity contribution is -0.357. The van der Waals surface area contributed by atoms with Crippen LogP contribution < -0.4 is 5.32 Å². The molecule has 2 aliphatic rings. The molecule has 0 bridgehead atoms. The third-order valence-electron chi connectivity index (χ3n) is 9.82. The zero-order chi connectivity index (χ0) is 40.0. The van der Waals surface area contributed by atoms with Crippen LogP contribution in [0.25, 0.3) is 0 Å². The fraction of sp³-hybridized carbons (Fsp3) is 0.422. The van der Waals surface area contributed by atoms with Gasteiger partial charge in [0.2, 0.25) is 5.91 Å². The van der Waals surface area contributed by atoms with Gasteiger partial charge in [0.1, 0.15) is 36.6 Å². The Morgan fingerprint density at radius 3 is 1.53 bits per heavy atom. The Morgan fingerprint density at radius 2 is 1.05 bits per heavy atom. The molecular weight excluding hydrogens is 730 g/mol. The molecule has 12 heteroatoms. The molecule has 0 unspecified atom stereocenters. The average Bonchev–Trinajstić information content (AvgIpc) is 3.22. The minimum absolute atomic E-state index is 0.0263. The van der Waals surface area contributed by atoms with Crippen molar-refractivity contribution in [2.45, 2.75) is 109 Å². The summed E-state index contributed by atoms with van der Waals surface area (Å²) in [6.07, 6.45) is -7.78. The summed E-state index contributed by atoms with van der Waals surface area (Å²) in [6.45, 7) is 5.66. The van der Waals surface area contributed by atoms with Crippen molar-refractivity contribution < 1.29 is 52.2 Å². The van der Waals surface area contributed by atoms with E-state index in [9.17, 15) is 9.59 Å². The van der Waals surface area contributed by atoms with Crippen LogP contribution in [-0.2, 0) is 78.6 Å². The van der Waals surface area contributed by atoms with E-state index in [1.54, 1.807) is 0 Å². The molecular formula is C45H53NO11. The Morgan fingerprint density at radius 1 is 0.579 bits per heavy atom. The highest BCUT2D eigenvalue weighted by molar-refractivity contribution is 5.73. The van der Waals surface area contributed by atoms with Crippen LogP contribution in [0.5, 0.6) is 0 Å². The predicted octanol–water partition coefficient (Wildman–Crippen LogP) is 5.90. The minimum atomic E-state index is -1.10. The molecule has 12 nitrogen and oxygen atoms in total. The van der Waals surface area contributed by atoms with Crippen molar-refractivity contribution in [3.05, 3.63) is 144 Å². The van der Waals surface area contributed by atoms with Gasteiger partial charge in [-0.3, -0.25) is 9.59 Å². The molecule has 2 heterocycles. The van der Waals surface area contributed by atoms with Gasteiger partial charge in [-0.05, 0) is 29.2 Å². The van der Waals surface area contributed by atoms with Crippen molar-refractivity contribution >= 4 is 11.9 Å². The number of methoxy groups -OCH3 is 1. The lowest BCUT2D eigenvalue weighted by Gasteiger charge is -2.49. The lowest BCUT2D eigenvalue weighted by Crippen LogP contribution is -2.68. The van der Waals surface area contributed by atoms with Gasteiger partial charge in [0, 0.05) is 21.0 Å². The minimum Gasteiger partial charge on any atom is -0.457 e. The lowest BCUT2D eigenvalue weighted by atomic mass is 9.95. The summed E-state index contributed by atoms with van der Waals surface area (Å²) in [4.78, 5) is 25.3. The second-order valence-electron chi connectivity index (χ2n) is 14.2. The monoisotopic (exact) mass is 783 g/mol. The van der Waals surface area contributed by atoms with Gasteiger partial charge in [0.15, 0.2) is 18.7 Å². The van der Waals surface area contributed by atoms with Gasteiger partial charge in [-0.25, -0.2) is 0 Å². The van der Waals surface area contributed by atoms with Crippen molar-refractivity contribution in [1.82, 2.24) is 5.32 Å². The first-order valence-corrected chi connectivity index (χ1v) is 19.3. The van der Waals surface area contributed by atoms with E-state index in [0.29, 0.717) is 6.61 Å². The molecule has 0 aliphatic carbocycles. The third kappa shape index (κ3) is 12.0. The summed E-state index contributed by atoms with van der Waals surface area (Å²) in [5.74, 6) is -0.961. The molecule has 2 aliphatic heterocycles. The Bertz CT molecular complexity index is 1780. The quantitative estimate of drug-likeness (QED) is 0.121. The van der Waals surface area contributed by atoms with E-state index in [1.165, 1.54) is 21.0 Å². The zero-order valence-electron chi connectivity index (χ0n) is 32.8. The molecule has 6 rings (SSSR count). The van der Waals surface area contributed by atoms with Crippen molar-refractivity contribution in [3.8, 4) is 0 Å². The van der Waals surface area contributed by atoms with E-state index in [-0.39, 0.29) is 32.3 Å². The van der Waals surface area contributed by atoms with Gasteiger partial charge in [0.05, 0.1) is 39.1 Å². The Balaban J connectivity index is 1.35. The van der Waals surface area contributed by atoms with E-state index in [4.69, 9.17) is 42.6 Å². The highest BCUT2D eigenvalue weighted by Crippen LogP contribution is 2.35. The maximum atomic E-state index is 12.8. The zero-order valence-corrected chi connectivity index (χ0v) is 32.8. The maximum Gasteiger partial charge on any atom is 0.303 e. The Labute approximate surface area is 334 Å². The topological polar surface area (TPSA) is 129 Å². The van der Waals surface area contributed by atoms with Crippen LogP contribution in [0, 0.1) is 0 Å². The first-order chi connectivity index (χ1) is 27.8. The van der Waals surface area contributed by atoms with Gasteiger partial charge in [-0.1, -0.05) is 121 Å². The molecule has 57 heavy (non-hydrogen) atoms. The SMILES string of the molecule is CO[C@@H]1O[C@H](COCc2ccccc2)[C@@H](O[C@@H]2O[C@@H](C)[C@H](OCc3ccccc3)[C@@H](OCc3ccccc3)[C@H]2OCc2ccccc2)[C@H](OC(C)=O)[C@H]1NC(C)=O. The molecule has 0 spiro atoms. The molecule has 1 N–H and O–H groups in total. The second kappa shape index (κ2) is 21.3. The Kier molecular flexibility index (Phi) is 15.7. The number of hydrogen-bond donors (Lipinski definition) is 1. The van der Waals surface area contributed by atoms with Crippen LogP contribution in [-0.4, -0.2) is 86.9 Å². The molecule has 304 valence electrons. The van der Waals surface area contributed by atoms with Crippen LogP contribution in [0.15, 0.2) is 121 Å². The van der Waals surface area contributed by atoms with E-state index in [1.807, 2.05) is 128 Å². The van der Waals surface area contributed by atoms with Gasteiger partial charge in [-0.2, -0.15) is 0 Å². The standard InChI is InChI=1S/C45H53NO11/c1-30-39(51-26-34-19-11-6-12-20-34)42(52-27-35-21-13-7-14-22-35)43(53-28-36-23-15-8-16-24-36)45(54-30)57-40-37(29-50-25-33-17-9-5-10-18-33)56-44(49-4)38(46-31(2)47)41(40)55-32(3)48/h5-24,30,37-45H,25-29H2,1-4H3,(H,46,47)/t30-,37+,38+,39-,40+,41+,42+,43+,44+,45-/m0/s1. The molecule has 10 atom stereocenters. The van der Waals surface area contributed by atoms with E-state index < -0.39 is 67.3 Å². The molecule has 0 radical (unpaired) electrons. The summed E-state index contributed by atoms with van der Waals surface area (Å²) < 4.78 is 58.1. The molecule has 0 saturated carbocycles. The maximum absolute atomic E-state index is 12.8. The van der Waals surface area contributed by atoms with Crippen LogP contribution in [0.4, 0.5) is 0 Å². The number of ether oxygens (including phenoxy) is 9. The van der Waals surface area contributed by atoms with E-state index in [2.05, 4.69) is 5.32 Å². The smallest absolute Gasteiger partial charge is 0.303 e. The van der Waals surface area contributed by atoms with Gasteiger partial charge in [0.25, 0.3) is 0 Å². The van der Waals surface area contributed by atoms with E-state index >= 15 is 0 Å². The number of benzene rings is 4. The fourth-order valence-electron chi connectivity index (χ4n) is 7.12. The summed E-state index contributed by atoms with van der Waals surface area (Å²) in [6, 6.07) is 38.3. The van der Waals surface area contributed by atoms with Crippen molar-refractivity contribution in [3.63, 3.8) is 0 Å². The van der Waals surface area contributed by atoms with Gasteiger partial charge >= 0.3 is 5.97 Å². The van der Waals surface area contributed by atoms with Gasteiger partial charge in [-0.15, -0.1) is 0 Å². The van der Waals surface area contributed by atoms with Crippen molar-refractivity contribution in [2.75, 3.05) is 13.7 Å². The van der Waals surface area contributed by atoms with Crippen LogP contribution >= 0.6 is 0 Å². The van der Waals surface area contributed by atoms with Crippen molar-refractivity contribution in [2.24, 2.45) is 0 Å². The number of esters is 1. The third-order valence-corrected chi connectivity index (χ3v) is 9.82. The summed E-state index contributed by atoms with van der Waals surface area (Å²) >= 11 is 0. The first-order valence-electron chi connectivity index (χ1n) is 19.3. The molecule has 0 aromatic heterocycles. The number of carbonyl (C=O) groups excluding carboxylic acids is 2. The fourth-order valence-corrected chi connectivity index (χ4v) is 7.12. The molecule has 4 aromatic carbocycles. The number of hydrogen-bond acceptors (Lipinski definition) is 11. The average molecular weight is 784 g/mol. The predicted molar refractivity (Wildman–Crippen MR) is 209 cm³/mol. The van der Waals surface area contributed by atoms with E-state index in [0.717, 1.165) is 22.3 Å². The van der Waals surface area contributed by atoms with Crippen LogP contribution in [0.2, 0.25) is 0 Å². The highest BCUT2D eigenvalue weighted by Gasteiger charge is 2.54. The van der Waals surface area contributed by atoms with Crippen molar-refractivity contribution in [1.29, 1.82) is 0 Å². The molecule has 4 aromatic rings. The highest BCUT2D eigenvalue weighted by atomic mass is 16.8. The molecule has 2 fully saturated rings. The largest absolute Gasteiger partial charge is 0.457 e. The normalized spacial score (nSPS) is 27.4. The first kappa shape index (κ1) is 42.1. The van der Waals surface area contributed by atoms with Gasteiger partial charge < -0.3 is 47.9 Å². The number of nitrogens with one attached hydrogen (secondary N) is 1. The second-order valence-corrected chi connectivity index (χ2v) is 14.2. The Hall–Kier alpha value is -4.50. The van der Waals surface area contributed by atoms with Crippen LogP contribution in [0.1, 0.15) is 43.0 Å². The number of rotatable bonds is 18. The summed E-state index contributed by atoms with van der Waals surface area (Å²) in [5.41, 5.74) is 3.84. The number of amides is 1.